The average Bonchev–Trinajstić information content (AvgIpc) is 2.28. The third kappa shape index (κ3) is 3.49. The van der Waals surface area contributed by atoms with Gasteiger partial charge < -0.3 is 15.6 Å². The number of ether oxygens (including phenoxy) is 1. The van der Waals surface area contributed by atoms with Crippen molar-refractivity contribution in [2.75, 3.05) is 26.3 Å². The average molecular weight is 244 g/mol. The van der Waals surface area contributed by atoms with Gasteiger partial charge in [0.05, 0.1) is 31.2 Å². The fraction of sp³-hybridized carbons (Fsp3) is 0.818. The van der Waals surface area contributed by atoms with E-state index < -0.39 is 17.6 Å². The van der Waals surface area contributed by atoms with E-state index >= 15 is 0 Å². The van der Waals surface area contributed by atoms with E-state index in [2.05, 4.69) is 0 Å². The molecule has 1 atom stereocenters. The third-order valence-corrected chi connectivity index (χ3v) is 3.14. The fourth-order valence-electron chi connectivity index (χ4n) is 2.01. The minimum atomic E-state index is -1.05. The molecule has 1 unspecified atom stereocenters. The zero-order chi connectivity index (χ0) is 13.1. The number of carboxylic acid groups (broad SMARTS) is 1. The molecule has 6 heteroatoms. The van der Waals surface area contributed by atoms with Gasteiger partial charge in [0.2, 0.25) is 0 Å². The Morgan fingerprint density at radius 3 is 2.41 bits per heavy atom. The molecule has 1 heterocycles. The van der Waals surface area contributed by atoms with Crippen LogP contribution in [0.4, 0.5) is 0 Å². The molecule has 3 N–H and O–H groups in total. The number of carboxylic acids is 1. The summed E-state index contributed by atoms with van der Waals surface area (Å²) in [5.41, 5.74) is 4.89. The molecule has 0 aromatic carbocycles. The van der Waals surface area contributed by atoms with E-state index in [1.807, 2.05) is 4.90 Å². The molecule has 6 nitrogen and oxygen atoms in total. The van der Waals surface area contributed by atoms with Gasteiger partial charge in [-0.05, 0) is 13.8 Å². The molecule has 1 aliphatic heterocycles. The van der Waals surface area contributed by atoms with Crippen molar-refractivity contribution in [3.05, 3.63) is 0 Å². The standard InChI is InChI=1S/C11H20N2O4/c1-11(2,13-3-5-17-6-4-13)10(16)8(12)7-9(14)15/h8H,3-7,12H2,1-2H3,(H,14,15). The van der Waals surface area contributed by atoms with Crippen LogP contribution in [0.2, 0.25) is 0 Å². The van der Waals surface area contributed by atoms with Crippen LogP contribution in [0.5, 0.6) is 0 Å². The SMILES string of the molecule is CC(C)(C(=O)C(N)CC(=O)O)N1CCOCC1. The van der Waals surface area contributed by atoms with Gasteiger partial charge in [0.25, 0.3) is 0 Å². The van der Waals surface area contributed by atoms with E-state index in [1.165, 1.54) is 0 Å². The number of nitrogens with two attached hydrogens (primary N) is 1. The molecular formula is C11H20N2O4. The quantitative estimate of drug-likeness (QED) is 0.675. The van der Waals surface area contributed by atoms with Crippen LogP contribution in [0.15, 0.2) is 0 Å². The van der Waals surface area contributed by atoms with Gasteiger partial charge in [0.1, 0.15) is 0 Å². The largest absolute Gasteiger partial charge is 0.481 e. The van der Waals surface area contributed by atoms with E-state index in [0.717, 1.165) is 0 Å². The topological polar surface area (TPSA) is 92.9 Å². The lowest BCUT2D eigenvalue weighted by Gasteiger charge is -2.40. The van der Waals surface area contributed by atoms with Gasteiger partial charge in [0.15, 0.2) is 5.78 Å². The number of Topliss-reactive ketones (excluding diaryl/α,β-unsaturated/α-hetero) is 1. The van der Waals surface area contributed by atoms with Gasteiger partial charge in [-0.3, -0.25) is 14.5 Å². The Labute approximate surface area is 101 Å². The molecule has 0 spiro atoms. The zero-order valence-corrected chi connectivity index (χ0v) is 10.3. The van der Waals surface area contributed by atoms with Gasteiger partial charge in [0, 0.05) is 13.1 Å². The summed E-state index contributed by atoms with van der Waals surface area (Å²) in [6, 6.07) is -0.953. The first-order chi connectivity index (χ1) is 7.85. The Bertz CT molecular complexity index is 298. The van der Waals surface area contributed by atoms with Crippen LogP contribution in [0.25, 0.3) is 0 Å². The molecule has 0 radical (unpaired) electrons. The van der Waals surface area contributed by atoms with Crippen LogP contribution in [-0.2, 0) is 14.3 Å². The molecule has 0 aromatic heterocycles. The van der Waals surface area contributed by atoms with Crippen LogP contribution in [0.3, 0.4) is 0 Å². The highest BCUT2D eigenvalue weighted by Gasteiger charge is 2.38. The van der Waals surface area contributed by atoms with Crippen molar-refractivity contribution in [3.63, 3.8) is 0 Å². The summed E-state index contributed by atoms with van der Waals surface area (Å²) in [4.78, 5) is 24.7. The van der Waals surface area contributed by atoms with Crippen molar-refractivity contribution >= 4 is 11.8 Å². The second-order valence-electron chi connectivity index (χ2n) is 4.73. The first-order valence-corrected chi connectivity index (χ1v) is 5.70. The van der Waals surface area contributed by atoms with Gasteiger partial charge in [-0.25, -0.2) is 0 Å². The van der Waals surface area contributed by atoms with Gasteiger partial charge in [-0.15, -0.1) is 0 Å². The number of rotatable bonds is 5. The van der Waals surface area contributed by atoms with Crippen molar-refractivity contribution in [3.8, 4) is 0 Å². The molecule has 0 saturated carbocycles. The Kier molecular flexibility index (Phi) is 4.62. The number of ketones is 1. The second-order valence-corrected chi connectivity index (χ2v) is 4.73. The summed E-state index contributed by atoms with van der Waals surface area (Å²) in [6.07, 6.45) is -0.327. The smallest absolute Gasteiger partial charge is 0.305 e. The van der Waals surface area contributed by atoms with Crippen LogP contribution in [0.1, 0.15) is 20.3 Å². The summed E-state index contributed by atoms with van der Waals surface area (Å²) in [5, 5.41) is 8.64. The van der Waals surface area contributed by atoms with Crippen LogP contribution in [-0.4, -0.2) is 59.6 Å². The highest BCUT2D eigenvalue weighted by atomic mass is 16.5. The second kappa shape index (κ2) is 5.57. The van der Waals surface area contributed by atoms with Crippen molar-refractivity contribution in [2.24, 2.45) is 5.73 Å². The lowest BCUT2D eigenvalue weighted by molar-refractivity contribution is -0.142. The maximum Gasteiger partial charge on any atom is 0.305 e. The van der Waals surface area contributed by atoms with Gasteiger partial charge in [-0.1, -0.05) is 0 Å². The molecular weight excluding hydrogens is 224 g/mol. The van der Waals surface area contributed by atoms with Gasteiger partial charge >= 0.3 is 5.97 Å². The number of morpholine rings is 1. The molecule has 1 fully saturated rings. The Hall–Kier alpha value is -0.980. The van der Waals surface area contributed by atoms with Crippen LogP contribution < -0.4 is 5.73 Å². The van der Waals surface area contributed by atoms with E-state index in [9.17, 15) is 9.59 Å². The van der Waals surface area contributed by atoms with Crippen molar-refractivity contribution in [1.82, 2.24) is 4.90 Å². The predicted octanol–water partition coefficient (Wildman–Crippen LogP) is -0.532. The molecule has 1 aliphatic rings. The van der Waals surface area contributed by atoms with Crippen molar-refractivity contribution < 1.29 is 19.4 Å². The molecule has 0 aliphatic carbocycles. The molecule has 98 valence electrons. The van der Waals surface area contributed by atoms with E-state index in [4.69, 9.17) is 15.6 Å². The third-order valence-electron chi connectivity index (χ3n) is 3.14. The number of nitrogens with zero attached hydrogens (tertiary/aromatic N) is 1. The Balaban J connectivity index is 2.67. The Morgan fingerprint density at radius 1 is 1.41 bits per heavy atom. The first kappa shape index (κ1) is 14.1. The number of carbonyl (C=O) groups is 2. The highest BCUT2D eigenvalue weighted by molar-refractivity contribution is 5.94. The molecule has 1 rings (SSSR count). The summed E-state index contributed by atoms with van der Waals surface area (Å²) in [6.45, 7) is 6.07. The molecule has 0 aromatic rings. The normalized spacial score (nSPS) is 19.9. The monoisotopic (exact) mass is 244 g/mol. The summed E-state index contributed by atoms with van der Waals surface area (Å²) in [7, 11) is 0. The number of hydrogen-bond acceptors (Lipinski definition) is 5. The lowest BCUT2D eigenvalue weighted by Crippen LogP contribution is -2.58. The molecule has 0 bridgehead atoms. The number of hydrogen-bond donors (Lipinski definition) is 2. The fourth-order valence-corrected chi connectivity index (χ4v) is 2.01. The Morgan fingerprint density at radius 2 is 1.94 bits per heavy atom. The van der Waals surface area contributed by atoms with E-state index in [1.54, 1.807) is 13.8 Å². The summed E-state index contributed by atoms with van der Waals surface area (Å²) >= 11 is 0. The van der Waals surface area contributed by atoms with Crippen molar-refractivity contribution in [2.45, 2.75) is 31.8 Å². The van der Waals surface area contributed by atoms with Crippen molar-refractivity contribution in [1.29, 1.82) is 0 Å². The minimum Gasteiger partial charge on any atom is -0.481 e. The summed E-state index contributed by atoms with van der Waals surface area (Å²) < 4.78 is 5.22. The maximum atomic E-state index is 12.1. The van der Waals surface area contributed by atoms with Crippen LogP contribution in [0, 0.1) is 0 Å². The maximum absolute atomic E-state index is 12.1. The zero-order valence-electron chi connectivity index (χ0n) is 10.3. The van der Waals surface area contributed by atoms with E-state index in [-0.39, 0.29) is 12.2 Å². The predicted molar refractivity (Wildman–Crippen MR) is 61.7 cm³/mol. The first-order valence-electron chi connectivity index (χ1n) is 5.70. The van der Waals surface area contributed by atoms with E-state index in [0.29, 0.717) is 26.3 Å². The molecule has 1 saturated heterocycles. The number of carbonyl (C=O) groups excluding carboxylic acids is 1. The minimum absolute atomic E-state index is 0.234. The van der Waals surface area contributed by atoms with Crippen LogP contribution >= 0.6 is 0 Å². The summed E-state index contributed by atoms with van der Waals surface area (Å²) in [5.74, 6) is -1.29. The number of aliphatic carboxylic acids is 1. The highest BCUT2D eigenvalue weighted by Crippen LogP contribution is 2.19. The van der Waals surface area contributed by atoms with Gasteiger partial charge in [-0.2, -0.15) is 0 Å². The molecule has 0 amide bonds. The molecule has 17 heavy (non-hydrogen) atoms. The lowest BCUT2D eigenvalue weighted by atomic mass is 9.90.